The Morgan fingerprint density at radius 2 is 2.12 bits per heavy atom. The lowest BCUT2D eigenvalue weighted by Gasteiger charge is -2.37. The van der Waals surface area contributed by atoms with Gasteiger partial charge in [0.25, 0.3) is 5.69 Å². The molecule has 17 heavy (non-hydrogen) atoms. The highest BCUT2D eigenvalue weighted by Gasteiger charge is 2.33. The molecule has 1 aromatic rings. The molecule has 0 saturated carbocycles. The molecule has 1 heterocycles. The van der Waals surface area contributed by atoms with E-state index in [1.54, 1.807) is 12.1 Å². The van der Waals surface area contributed by atoms with Crippen LogP contribution in [0.5, 0.6) is 5.75 Å². The molecule has 0 fully saturated rings. The van der Waals surface area contributed by atoms with Crippen molar-refractivity contribution < 1.29 is 9.66 Å². The van der Waals surface area contributed by atoms with Gasteiger partial charge in [-0.25, -0.2) is 0 Å². The van der Waals surface area contributed by atoms with Crippen LogP contribution in [0.3, 0.4) is 0 Å². The van der Waals surface area contributed by atoms with Crippen LogP contribution in [0.25, 0.3) is 0 Å². The van der Waals surface area contributed by atoms with Crippen molar-refractivity contribution in [3.63, 3.8) is 0 Å². The number of non-ortho nitro benzene ring substituents is 1. The molecular weight excluding hydrogens is 218 g/mol. The minimum absolute atomic E-state index is 0.115. The average molecular weight is 234 g/mol. The second kappa shape index (κ2) is 4.35. The first-order valence-corrected chi connectivity index (χ1v) is 5.91. The molecule has 1 aliphatic rings. The van der Waals surface area contributed by atoms with Crippen molar-refractivity contribution in [1.82, 2.24) is 0 Å². The van der Waals surface area contributed by atoms with E-state index in [0.29, 0.717) is 0 Å². The fraction of sp³-hybridized carbons (Fsp3) is 0.462. The van der Waals surface area contributed by atoms with E-state index in [9.17, 15) is 10.1 Å². The number of nitro benzene ring substituents is 1. The Labute approximate surface area is 101 Å². The van der Waals surface area contributed by atoms with Crippen LogP contribution < -0.4 is 4.74 Å². The minimum Gasteiger partial charge on any atom is -0.487 e. The summed E-state index contributed by atoms with van der Waals surface area (Å²) in [6.45, 7) is 4.21. The van der Waals surface area contributed by atoms with E-state index in [2.05, 4.69) is 13.8 Å². The Balaban J connectivity index is 2.31. The summed E-state index contributed by atoms with van der Waals surface area (Å²) in [5, 5.41) is 10.7. The van der Waals surface area contributed by atoms with E-state index in [1.165, 1.54) is 6.07 Å². The Morgan fingerprint density at radius 3 is 2.71 bits per heavy atom. The monoisotopic (exact) mass is 234 g/mol. The maximum absolute atomic E-state index is 10.7. The van der Waals surface area contributed by atoms with Crippen LogP contribution in [0, 0.1) is 16.5 Å². The van der Waals surface area contributed by atoms with Gasteiger partial charge in [0.1, 0.15) is 11.4 Å². The molecule has 4 heteroatoms. The lowest BCUT2D eigenvalue weighted by Crippen LogP contribution is -2.37. The van der Waals surface area contributed by atoms with Crippen molar-refractivity contribution >= 4 is 5.69 Å². The number of ether oxygens (including phenoxy) is 1. The van der Waals surface area contributed by atoms with Crippen molar-refractivity contribution in [3.8, 4) is 5.75 Å². The van der Waals surface area contributed by atoms with Gasteiger partial charge in [-0.05, 0) is 31.7 Å². The number of hydrogen-bond donors (Lipinski definition) is 0. The van der Waals surface area contributed by atoms with Gasteiger partial charge >= 0.3 is 0 Å². The topological polar surface area (TPSA) is 52.4 Å². The molecule has 0 atom stereocenters. The molecule has 0 N–H and O–H groups in total. The molecular formula is C13H16NO3. The molecule has 1 radical (unpaired) electrons. The molecule has 91 valence electrons. The Bertz CT molecular complexity index is 438. The van der Waals surface area contributed by atoms with E-state index in [4.69, 9.17) is 4.74 Å². The van der Waals surface area contributed by atoms with Crippen molar-refractivity contribution in [2.75, 3.05) is 0 Å². The second-order valence-corrected chi connectivity index (χ2v) is 4.38. The number of fused-ring (bicyclic) bond motifs is 1. The molecule has 0 unspecified atom stereocenters. The zero-order chi connectivity index (χ0) is 12.5. The first-order chi connectivity index (χ1) is 8.10. The Hall–Kier alpha value is -1.58. The zero-order valence-corrected chi connectivity index (χ0v) is 10.1. The average Bonchev–Trinajstić information content (AvgIpc) is 2.37. The van der Waals surface area contributed by atoms with Crippen molar-refractivity contribution in [2.24, 2.45) is 0 Å². The number of hydrogen-bond acceptors (Lipinski definition) is 3. The lowest BCUT2D eigenvalue weighted by atomic mass is 9.86. The highest BCUT2D eigenvalue weighted by Crippen LogP contribution is 2.39. The van der Waals surface area contributed by atoms with Crippen LogP contribution in [-0.2, 0) is 0 Å². The van der Waals surface area contributed by atoms with Crippen molar-refractivity contribution in [1.29, 1.82) is 0 Å². The van der Waals surface area contributed by atoms with E-state index >= 15 is 0 Å². The van der Waals surface area contributed by atoms with Gasteiger partial charge in [-0.1, -0.05) is 13.8 Å². The highest BCUT2D eigenvalue weighted by atomic mass is 16.6. The normalized spacial score (nSPS) is 17.1. The van der Waals surface area contributed by atoms with E-state index < -0.39 is 0 Å². The van der Waals surface area contributed by atoms with Gasteiger partial charge in [0.05, 0.1) is 4.92 Å². The first kappa shape index (κ1) is 11.9. The molecule has 0 amide bonds. The second-order valence-electron chi connectivity index (χ2n) is 4.38. The summed E-state index contributed by atoms with van der Waals surface area (Å²) in [5.41, 5.74) is 0.809. The minimum atomic E-state index is -0.379. The van der Waals surface area contributed by atoms with Gasteiger partial charge in [0, 0.05) is 17.7 Å². The van der Waals surface area contributed by atoms with Crippen molar-refractivity contribution in [2.45, 2.75) is 38.7 Å². The van der Waals surface area contributed by atoms with E-state index in [0.717, 1.165) is 30.6 Å². The molecule has 1 aromatic carbocycles. The zero-order valence-electron chi connectivity index (χ0n) is 10.1. The van der Waals surface area contributed by atoms with Crippen LogP contribution in [0.2, 0.25) is 0 Å². The predicted octanol–water partition coefficient (Wildman–Crippen LogP) is 3.49. The number of benzene rings is 1. The van der Waals surface area contributed by atoms with Crippen LogP contribution in [0.15, 0.2) is 18.2 Å². The number of nitro groups is 1. The molecule has 0 aromatic heterocycles. The van der Waals surface area contributed by atoms with Crippen LogP contribution in [0.1, 0.15) is 38.7 Å². The third kappa shape index (κ3) is 2.12. The smallest absolute Gasteiger partial charge is 0.269 e. The predicted molar refractivity (Wildman–Crippen MR) is 65.1 cm³/mol. The molecule has 4 nitrogen and oxygen atoms in total. The summed E-state index contributed by atoms with van der Waals surface area (Å²) in [6, 6.07) is 4.77. The van der Waals surface area contributed by atoms with Crippen LogP contribution >= 0.6 is 0 Å². The molecule has 2 rings (SSSR count). The molecule has 0 aliphatic carbocycles. The summed E-state index contributed by atoms with van der Waals surface area (Å²) < 4.78 is 6.00. The third-order valence-electron chi connectivity index (χ3n) is 3.51. The van der Waals surface area contributed by atoms with Gasteiger partial charge in [-0.2, -0.15) is 0 Å². The maximum Gasteiger partial charge on any atom is 0.269 e. The van der Waals surface area contributed by atoms with Gasteiger partial charge < -0.3 is 4.74 Å². The lowest BCUT2D eigenvalue weighted by molar-refractivity contribution is -0.384. The van der Waals surface area contributed by atoms with Crippen LogP contribution in [-0.4, -0.2) is 10.5 Å². The molecule has 0 bridgehead atoms. The Morgan fingerprint density at radius 1 is 1.41 bits per heavy atom. The maximum atomic E-state index is 10.7. The van der Waals surface area contributed by atoms with Crippen LogP contribution in [0.4, 0.5) is 5.69 Å². The standard InChI is InChI=1S/C13H16NO3/c1-3-13(4-2)8-7-10-9-11(14(15)16)5-6-12(10)17-13/h5-7,9H,3-4,8H2,1-2H3. The van der Waals surface area contributed by atoms with Gasteiger partial charge in [0.15, 0.2) is 0 Å². The van der Waals surface area contributed by atoms with Crippen molar-refractivity contribution in [3.05, 3.63) is 40.3 Å². The van der Waals surface area contributed by atoms with Gasteiger partial charge in [-0.15, -0.1) is 0 Å². The molecule has 0 spiro atoms. The fourth-order valence-corrected chi connectivity index (χ4v) is 2.16. The summed E-state index contributed by atoms with van der Waals surface area (Å²) in [7, 11) is 0. The Kier molecular flexibility index (Phi) is 3.05. The third-order valence-corrected chi connectivity index (χ3v) is 3.51. The molecule has 1 aliphatic heterocycles. The first-order valence-electron chi connectivity index (χ1n) is 5.91. The van der Waals surface area contributed by atoms with E-state index in [1.807, 2.05) is 6.42 Å². The molecule has 0 saturated heterocycles. The number of rotatable bonds is 3. The van der Waals surface area contributed by atoms with Gasteiger partial charge in [-0.3, -0.25) is 10.1 Å². The number of nitrogens with zero attached hydrogens (tertiary/aromatic N) is 1. The summed E-state index contributed by atoms with van der Waals surface area (Å²) in [5.74, 6) is 0.755. The summed E-state index contributed by atoms with van der Waals surface area (Å²) >= 11 is 0. The van der Waals surface area contributed by atoms with Gasteiger partial charge in [0.2, 0.25) is 0 Å². The quantitative estimate of drug-likeness (QED) is 0.594. The fourth-order valence-electron chi connectivity index (χ4n) is 2.16. The SMILES string of the molecule is CCC1(CC)C[CH]c2cc([N+](=O)[O-])ccc2O1. The van der Waals surface area contributed by atoms with E-state index in [-0.39, 0.29) is 16.2 Å². The summed E-state index contributed by atoms with van der Waals surface area (Å²) in [6.07, 6.45) is 4.74. The largest absolute Gasteiger partial charge is 0.487 e. The highest BCUT2D eigenvalue weighted by molar-refractivity contribution is 5.49. The summed E-state index contributed by atoms with van der Waals surface area (Å²) in [4.78, 5) is 10.3.